The number of amides is 1. The van der Waals surface area contributed by atoms with Gasteiger partial charge in [-0.05, 0) is 43.7 Å². The Morgan fingerprint density at radius 2 is 2.33 bits per heavy atom. The number of benzene rings is 1. The second-order valence-electron chi connectivity index (χ2n) is 5.48. The Kier molecular flexibility index (Phi) is 7.50. The molecule has 24 heavy (non-hydrogen) atoms. The monoisotopic (exact) mass is 344 g/mol. The first-order valence-corrected chi connectivity index (χ1v) is 9.26. The Morgan fingerprint density at radius 1 is 1.46 bits per heavy atom. The van der Waals surface area contributed by atoms with E-state index in [-0.39, 0.29) is 12.5 Å². The first kappa shape index (κ1) is 18.2. The molecule has 128 valence electrons. The Hall–Kier alpha value is -2.13. The molecular weight excluding hydrogens is 320 g/mol. The summed E-state index contributed by atoms with van der Waals surface area (Å²) in [5, 5.41) is 9.92. The van der Waals surface area contributed by atoms with E-state index < -0.39 is 0 Å². The van der Waals surface area contributed by atoms with E-state index >= 15 is 0 Å². The van der Waals surface area contributed by atoms with Crippen molar-refractivity contribution >= 4 is 29.3 Å². The molecule has 1 unspecified atom stereocenters. The van der Waals surface area contributed by atoms with E-state index in [4.69, 9.17) is 6.42 Å². The lowest BCUT2D eigenvalue weighted by atomic mass is 10.2. The maximum Gasteiger partial charge on any atom is 0.246 e. The zero-order valence-corrected chi connectivity index (χ0v) is 14.8. The predicted molar refractivity (Wildman–Crippen MR) is 102 cm³/mol. The highest BCUT2D eigenvalue weighted by Crippen LogP contribution is 2.25. The van der Waals surface area contributed by atoms with Gasteiger partial charge in [-0.2, -0.15) is 11.8 Å². The van der Waals surface area contributed by atoms with Gasteiger partial charge in [-0.1, -0.05) is 12.0 Å². The van der Waals surface area contributed by atoms with Gasteiger partial charge < -0.3 is 16.0 Å². The standard InChI is InChI=1S/C18H24N4OS/c1-3-14-7-5-8-15(11-14)22-17(23)13-21-18(19-4-2)20-12-16-9-6-10-24-16/h1,5,7-8,11,16H,4,6,9-10,12-13H2,2H3,(H,22,23)(H2,19,20,21). The summed E-state index contributed by atoms with van der Waals surface area (Å²) in [6, 6.07) is 7.21. The van der Waals surface area contributed by atoms with Crippen molar-refractivity contribution in [2.75, 3.05) is 30.7 Å². The third kappa shape index (κ3) is 6.17. The third-order valence-electron chi connectivity index (χ3n) is 3.56. The number of hydrogen-bond acceptors (Lipinski definition) is 3. The molecule has 0 aromatic heterocycles. The molecule has 1 aliphatic heterocycles. The molecular formula is C18H24N4OS. The average molecular weight is 344 g/mol. The molecule has 1 atom stereocenters. The normalized spacial score (nSPS) is 17.2. The molecule has 0 spiro atoms. The van der Waals surface area contributed by atoms with E-state index in [0.29, 0.717) is 16.9 Å². The first-order valence-electron chi connectivity index (χ1n) is 8.21. The van der Waals surface area contributed by atoms with Gasteiger partial charge >= 0.3 is 0 Å². The van der Waals surface area contributed by atoms with Crippen molar-refractivity contribution in [3.05, 3.63) is 29.8 Å². The Morgan fingerprint density at radius 3 is 3.04 bits per heavy atom. The number of carbonyl (C=O) groups is 1. The molecule has 1 heterocycles. The van der Waals surface area contributed by atoms with Crippen molar-refractivity contribution in [3.63, 3.8) is 0 Å². The summed E-state index contributed by atoms with van der Waals surface area (Å²) < 4.78 is 0. The van der Waals surface area contributed by atoms with Crippen LogP contribution in [-0.2, 0) is 4.79 Å². The predicted octanol–water partition coefficient (Wildman–Crippen LogP) is 2.06. The zero-order valence-electron chi connectivity index (χ0n) is 14.0. The first-order chi connectivity index (χ1) is 11.7. The van der Waals surface area contributed by atoms with Crippen LogP contribution in [0.15, 0.2) is 29.3 Å². The van der Waals surface area contributed by atoms with Crippen molar-refractivity contribution in [2.45, 2.75) is 25.0 Å². The number of hydrogen-bond donors (Lipinski definition) is 3. The van der Waals surface area contributed by atoms with E-state index in [1.807, 2.05) is 36.9 Å². The molecule has 2 rings (SSSR count). The van der Waals surface area contributed by atoms with Crippen LogP contribution in [0.25, 0.3) is 0 Å². The molecule has 0 bridgehead atoms. The van der Waals surface area contributed by atoms with E-state index in [0.717, 1.165) is 18.7 Å². The molecule has 1 fully saturated rings. The maximum atomic E-state index is 12.1. The lowest BCUT2D eigenvalue weighted by molar-refractivity contribution is -0.114. The van der Waals surface area contributed by atoms with Gasteiger partial charge in [0.1, 0.15) is 6.54 Å². The average Bonchev–Trinajstić information content (AvgIpc) is 3.11. The van der Waals surface area contributed by atoms with Crippen LogP contribution in [0.1, 0.15) is 25.3 Å². The fraction of sp³-hybridized carbons (Fsp3) is 0.444. The summed E-state index contributed by atoms with van der Waals surface area (Å²) in [5.41, 5.74) is 1.42. The minimum Gasteiger partial charge on any atom is -0.357 e. The number of rotatable bonds is 6. The van der Waals surface area contributed by atoms with Crippen LogP contribution in [0, 0.1) is 12.3 Å². The number of thioether (sulfide) groups is 1. The number of nitrogens with one attached hydrogen (secondary N) is 3. The molecule has 0 saturated carbocycles. The second kappa shape index (κ2) is 9.89. The smallest absolute Gasteiger partial charge is 0.246 e. The summed E-state index contributed by atoms with van der Waals surface area (Å²) in [7, 11) is 0. The van der Waals surface area contributed by atoms with Crippen molar-refractivity contribution in [1.29, 1.82) is 0 Å². The number of nitrogens with zero attached hydrogens (tertiary/aromatic N) is 1. The van der Waals surface area contributed by atoms with Crippen LogP contribution in [0.3, 0.4) is 0 Å². The minimum atomic E-state index is -0.170. The minimum absolute atomic E-state index is 0.0629. The molecule has 1 aromatic rings. The molecule has 0 aliphatic carbocycles. The molecule has 6 heteroatoms. The summed E-state index contributed by atoms with van der Waals surface area (Å²) >= 11 is 1.99. The highest BCUT2D eigenvalue weighted by Gasteiger charge is 2.15. The van der Waals surface area contributed by atoms with Gasteiger partial charge in [-0.15, -0.1) is 6.42 Å². The van der Waals surface area contributed by atoms with E-state index in [1.165, 1.54) is 18.6 Å². The van der Waals surface area contributed by atoms with Gasteiger partial charge in [-0.3, -0.25) is 4.79 Å². The lowest BCUT2D eigenvalue weighted by Gasteiger charge is -2.14. The topological polar surface area (TPSA) is 65.5 Å². The van der Waals surface area contributed by atoms with Crippen LogP contribution < -0.4 is 16.0 Å². The summed E-state index contributed by atoms with van der Waals surface area (Å²) in [6.07, 6.45) is 7.88. The van der Waals surface area contributed by atoms with Crippen LogP contribution in [0.4, 0.5) is 5.69 Å². The van der Waals surface area contributed by atoms with Gasteiger partial charge in [0.25, 0.3) is 0 Å². The Labute approximate surface area is 148 Å². The largest absolute Gasteiger partial charge is 0.357 e. The Bertz CT molecular complexity index is 618. The van der Waals surface area contributed by atoms with Crippen molar-refractivity contribution in [2.24, 2.45) is 4.99 Å². The number of terminal acetylenes is 1. The number of anilines is 1. The van der Waals surface area contributed by atoms with Crippen molar-refractivity contribution < 1.29 is 4.79 Å². The number of carbonyl (C=O) groups excluding carboxylic acids is 1. The SMILES string of the molecule is C#Cc1cccc(NC(=O)CN=C(NCC)NCC2CCCS2)c1. The van der Waals surface area contributed by atoms with Crippen LogP contribution in [0.5, 0.6) is 0 Å². The summed E-state index contributed by atoms with van der Waals surface area (Å²) in [4.78, 5) is 16.4. The quantitative estimate of drug-likeness (QED) is 0.420. The zero-order chi connectivity index (χ0) is 17.2. The Balaban J connectivity index is 1.84. The van der Waals surface area contributed by atoms with Gasteiger partial charge in [-0.25, -0.2) is 4.99 Å². The van der Waals surface area contributed by atoms with E-state index in [1.54, 1.807) is 6.07 Å². The van der Waals surface area contributed by atoms with Gasteiger partial charge in [0, 0.05) is 29.6 Å². The molecule has 1 saturated heterocycles. The molecule has 3 N–H and O–H groups in total. The van der Waals surface area contributed by atoms with Crippen LogP contribution in [0.2, 0.25) is 0 Å². The summed E-state index contributed by atoms with van der Waals surface area (Å²) in [5.74, 6) is 4.29. The molecule has 5 nitrogen and oxygen atoms in total. The van der Waals surface area contributed by atoms with E-state index in [9.17, 15) is 4.79 Å². The fourth-order valence-electron chi connectivity index (χ4n) is 2.40. The molecule has 1 amide bonds. The molecule has 1 aliphatic rings. The van der Waals surface area contributed by atoms with Crippen molar-refractivity contribution in [3.8, 4) is 12.3 Å². The number of guanidine groups is 1. The van der Waals surface area contributed by atoms with Crippen LogP contribution >= 0.6 is 11.8 Å². The highest BCUT2D eigenvalue weighted by molar-refractivity contribution is 8.00. The van der Waals surface area contributed by atoms with Gasteiger partial charge in [0.05, 0.1) is 0 Å². The summed E-state index contributed by atoms with van der Waals surface area (Å²) in [6.45, 7) is 3.71. The van der Waals surface area contributed by atoms with E-state index in [2.05, 4.69) is 26.9 Å². The fourth-order valence-corrected chi connectivity index (χ4v) is 3.60. The molecule has 0 radical (unpaired) electrons. The number of aliphatic imine (C=N–C) groups is 1. The van der Waals surface area contributed by atoms with Gasteiger partial charge in [0.15, 0.2) is 5.96 Å². The second-order valence-corrected chi connectivity index (χ2v) is 6.89. The lowest BCUT2D eigenvalue weighted by Crippen LogP contribution is -2.40. The van der Waals surface area contributed by atoms with Crippen molar-refractivity contribution in [1.82, 2.24) is 10.6 Å². The van der Waals surface area contributed by atoms with Gasteiger partial charge in [0.2, 0.25) is 5.91 Å². The maximum absolute atomic E-state index is 12.1. The van der Waals surface area contributed by atoms with Crippen LogP contribution in [-0.4, -0.2) is 42.5 Å². The molecule has 1 aromatic carbocycles. The third-order valence-corrected chi connectivity index (χ3v) is 4.96. The highest BCUT2D eigenvalue weighted by atomic mass is 32.2.